The number of carbonyl (C=O) groups is 1. The molecule has 3 nitrogen and oxygen atoms in total. The summed E-state index contributed by atoms with van der Waals surface area (Å²) < 4.78 is 2.02. The lowest BCUT2D eigenvalue weighted by molar-refractivity contribution is -0.123. The van der Waals surface area contributed by atoms with Gasteiger partial charge in [0.25, 0.3) is 0 Å². The predicted molar refractivity (Wildman–Crippen MR) is 85.8 cm³/mol. The molecule has 2 unspecified atom stereocenters. The van der Waals surface area contributed by atoms with Crippen molar-refractivity contribution in [1.29, 1.82) is 0 Å². The topological polar surface area (TPSA) is 34.9 Å². The third kappa shape index (κ3) is 1.74. The number of nitrogens with zero attached hydrogens (tertiary/aromatic N) is 2. The smallest absolute Gasteiger partial charge is 0.133 e. The number of aryl methyl sites for hydroxylation is 1. The molecule has 3 heteroatoms. The van der Waals surface area contributed by atoms with E-state index in [0.29, 0.717) is 24.5 Å². The normalized spacial score (nSPS) is 27.4. The van der Waals surface area contributed by atoms with E-state index in [9.17, 15) is 4.79 Å². The molecule has 1 aromatic carbocycles. The molecule has 4 rings (SSSR count). The molecule has 0 bridgehead atoms. The van der Waals surface area contributed by atoms with Gasteiger partial charge in [-0.3, -0.25) is 9.48 Å². The molecule has 1 aromatic heterocycles. The van der Waals surface area contributed by atoms with E-state index in [1.165, 1.54) is 22.5 Å². The van der Waals surface area contributed by atoms with Gasteiger partial charge in [-0.25, -0.2) is 0 Å². The third-order valence-corrected chi connectivity index (χ3v) is 5.88. The lowest BCUT2D eigenvalue weighted by Gasteiger charge is -2.46. The summed E-state index contributed by atoms with van der Waals surface area (Å²) in [5, 5.41) is 4.91. The highest BCUT2D eigenvalue weighted by molar-refractivity contribution is 5.80. The SMILES string of the molecule is Cc1c2c(nn1C)C1(c3ccccc3)CCC(=O)CC1CC2. The molecule has 0 N–H and O–H groups in total. The van der Waals surface area contributed by atoms with Gasteiger partial charge in [0.2, 0.25) is 0 Å². The van der Waals surface area contributed by atoms with Crippen LogP contribution in [0.15, 0.2) is 30.3 Å². The van der Waals surface area contributed by atoms with Gasteiger partial charge in [0.1, 0.15) is 5.78 Å². The minimum absolute atomic E-state index is 0.0607. The van der Waals surface area contributed by atoms with Crippen LogP contribution >= 0.6 is 0 Å². The van der Waals surface area contributed by atoms with Gasteiger partial charge < -0.3 is 0 Å². The van der Waals surface area contributed by atoms with Crippen LogP contribution in [0.4, 0.5) is 0 Å². The molecular formula is C19H22N2O. The summed E-state index contributed by atoms with van der Waals surface area (Å²) in [5.41, 5.74) is 5.21. The van der Waals surface area contributed by atoms with Crippen molar-refractivity contribution in [3.05, 3.63) is 52.8 Å². The van der Waals surface area contributed by atoms with Crippen molar-refractivity contribution < 1.29 is 4.79 Å². The first kappa shape index (κ1) is 13.7. The second-order valence-corrected chi connectivity index (χ2v) is 6.85. The lowest BCUT2D eigenvalue weighted by atomic mass is 9.56. The van der Waals surface area contributed by atoms with Crippen LogP contribution in [0.5, 0.6) is 0 Å². The Balaban J connectivity index is 1.97. The number of Topliss-reactive ketones (excluding diaryl/α,β-unsaturated/α-hetero) is 1. The van der Waals surface area contributed by atoms with Gasteiger partial charge in [-0.1, -0.05) is 30.3 Å². The van der Waals surface area contributed by atoms with Gasteiger partial charge in [-0.05, 0) is 43.2 Å². The van der Waals surface area contributed by atoms with E-state index in [1.54, 1.807) is 0 Å². The van der Waals surface area contributed by atoms with Crippen LogP contribution in [0.1, 0.15) is 48.2 Å². The van der Waals surface area contributed by atoms with Gasteiger partial charge in [-0.2, -0.15) is 5.10 Å². The molecule has 2 aliphatic carbocycles. The lowest BCUT2D eigenvalue weighted by Crippen LogP contribution is -2.45. The molecule has 0 radical (unpaired) electrons. The summed E-state index contributed by atoms with van der Waals surface area (Å²) in [5.74, 6) is 0.825. The van der Waals surface area contributed by atoms with E-state index >= 15 is 0 Å². The third-order valence-electron chi connectivity index (χ3n) is 5.88. The van der Waals surface area contributed by atoms with Crippen LogP contribution in [0, 0.1) is 12.8 Å². The molecule has 1 fully saturated rings. The highest BCUT2D eigenvalue weighted by Gasteiger charge is 2.50. The summed E-state index contributed by atoms with van der Waals surface area (Å²) >= 11 is 0. The number of aromatic nitrogens is 2. The highest BCUT2D eigenvalue weighted by Crippen LogP contribution is 2.53. The molecule has 2 aliphatic rings. The van der Waals surface area contributed by atoms with E-state index in [4.69, 9.17) is 5.10 Å². The highest BCUT2D eigenvalue weighted by atomic mass is 16.1. The van der Waals surface area contributed by atoms with E-state index in [-0.39, 0.29) is 5.41 Å². The van der Waals surface area contributed by atoms with E-state index < -0.39 is 0 Å². The van der Waals surface area contributed by atoms with E-state index in [2.05, 4.69) is 37.3 Å². The summed E-state index contributed by atoms with van der Waals surface area (Å²) in [6, 6.07) is 10.7. The average molecular weight is 294 g/mol. The molecule has 1 heterocycles. The minimum Gasteiger partial charge on any atom is -0.300 e. The van der Waals surface area contributed by atoms with E-state index in [1.807, 2.05) is 11.7 Å². The Labute approximate surface area is 131 Å². The Morgan fingerprint density at radius 2 is 2.00 bits per heavy atom. The molecule has 0 spiro atoms. The fraction of sp³-hybridized carbons (Fsp3) is 0.474. The molecule has 22 heavy (non-hydrogen) atoms. The Hall–Kier alpha value is -1.90. The molecular weight excluding hydrogens is 272 g/mol. The van der Waals surface area contributed by atoms with Gasteiger partial charge >= 0.3 is 0 Å². The van der Waals surface area contributed by atoms with Crippen molar-refractivity contribution in [2.24, 2.45) is 13.0 Å². The monoisotopic (exact) mass is 294 g/mol. The maximum Gasteiger partial charge on any atom is 0.133 e. The first-order chi connectivity index (χ1) is 10.6. The molecule has 0 saturated heterocycles. The zero-order chi connectivity index (χ0) is 15.3. The van der Waals surface area contributed by atoms with Crippen LogP contribution < -0.4 is 0 Å². The Bertz CT molecular complexity index is 731. The Morgan fingerprint density at radius 1 is 1.23 bits per heavy atom. The van der Waals surface area contributed by atoms with Gasteiger partial charge in [-0.15, -0.1) is 0 Å². The van der Waals surface area contributed by atoms with Crippen molar-refractivity contribution in [3.8, 4) is 0 Å². The largest absolute Gasteiger partial charge is 0.300 e. The Morgan fingerprint density at radius 3 is 2.77 bits per heavy atom. The number of rotatable bonds is 1. The van der Waals surface area contributed by atoms with Crippen LogP contribution in [0.25, 0.3) is 0 Å². The minimum atomic E-state index is -0.0607. The second kappa shape index (κ2) is 4.80. The summed E-state index contributed by atoms with van der Waals surface area (Å²) in [6.45, 7) is 2.17. The maximum absolute atomic E-state index is 12.0. The second-order valence-electron chi connectivity index (χ2n) is 6.85. The fourth-order valence-electron chi connectivity index (χ4n) is 4.63. The van der Waals surface area contributed by atoms with Crippen molar-refractivity contribution in [2.45, 2.75) is 44.4 Å². The molecule has 1 saturated carbocycles. The Kier molecular flexibility index (Phi) is 3.00. The molecule has 0 amide bonds. The summed E-state index contributed by atoms with van der Waals surface area (Å²) in [7, 11) is 2.04. The maximum atomic E-state index is 12.0. The molecule has 2 aromatic rings. The van der Waals surface area contributed by atoms with Crippen LogP contribution in [-0.4, -0.2) is 15.6 Å². The molecule has 114 valence electrons. The predicted octanol–water partition coefficient (Wildman–Crippen LogP) is 3.33. The van der Waals surface area contributed by atoms with Gasteiger partial charge in [0.05, 0.1) is 5.69 Å². The summed E-state index contributed by atoms with van der Waals surface area (Å²) in [4.78, 5) is 12.0. The number of fused-ring (bicyclic) bond motifs is 3. The van der Waals surface area contributed by atoms with Crippen molar-refractivity contribution in [1.82, 2.24) is 9.78 Å². The standard InChI is InChI=1S/C19H22N2O/c1-13-17-9-8-15-12-16(22)10-11-19(15,18(17)20-21(13)2)14-6-4-3-5-7-14/h3-7,15H,8-12H2,1-2H3. The van der Waals surface area contributed by atoms with Crippen molar-refractivity contribution >= 4 is 5.78 Å². The fourth-order valence-corrected chi connectivity index (χ4v) is 4.63. The number of carbonyl (C=O) groups excluding carboxylic acids is 1. The average Bonchev–Trinajstić information content (AvgIpc) is 2.83. The first-order valence-electron chi connectivity index (χ1n) is 8.23. The number of hydrogen-bond acceptors (Lipinski definition) is 2. The summed E-state index contributed by atoms with van der Waals surface area (Å²) in [6.07, 6.45) is 4.45. The number of ketones is 1. The van der Waals surface area contributed by atoms with E-state index in [0.717, 1.165) is 19.3 Å². The quantitative estimate of drug-likeness (QED) is 0.808. The van der Waals surface area contributed by atoms with Crippen molar-refractivity contribution in [3.63, 3.8) is 0 Å². The van der Waals surface area contributed by atoms with Crippen molar-refractivity contribution in [2.75, 3.05) is 0 Å². The van der Waals surface area contributed by atoms with Crippen LogP contribution in [-0.2, 0) is 23.7 Å². The van der Waals surface area contributed by atoms with Crippen LogP contribution in [0.2, 0.25) is 0 Å². The zero-order valence-corrected chi connectivity index (χ0v) is 13.3. The molecule has 2 atom stereocenters. The van der Waals surface area contributed by atoms with Gasteiger partial charge in [0, 0.05) is 31.0 Å². The first-order valence-corrected chi connectivity index (χ1v) is 8.23. The van der Waals surface area contributed by atoms with Crippen LogP contribution in [0.3, 0.4) is 0 Å². The molecule has 0 aliphatic heterocycles. The number of hydrogen-bond donors (Lipinski definition) is 0. The van der Waals surface area contributed by atoms with Gasteiger partial charge in [0.15, 0.2) is 0 Å². The zero-order valence-electron chi connectivity index (χ0n) is 13.3. The number of benzene rings is 1.